The first-order chi connectivity index (χ1) is 10.1. The molecule has 1 aromatic carbocycles. The Morgan fingerprint density at radius 3 is 2.67 bits per heavy atom. The highest BCUT2D eigenvalue weighted by atomic mass is 32.1. The molecule has 0 aliphatic rings. The van der Waals surface area contributed by atoms with Crippen molar-refractivity contribution in [2.45, 2.75) is 0 Å². The number of carbonyl (C=O) groups is 2. The Labute approximate surface area is 125 Å². The van der Waals surface area contributed by atoms with Gasteiger partial charge in [-0.3, -0.25) is 14.9 Å². The molecule has 6 nitrogen and oxygen atoms in total. The molecule has 0 fully saturated rings. The van der Waals surface area contributed by atoms with Crippen LogP contribution in [0.4, 0.5) is 5.13 Å². The lowest BCUT2D eigenvalue weighted by Crippen LogP contribution is -2.11. The van der Waals surface area contributed by atoms with Gasteiger partial charge in [0, 0.05) is 5.56 Å². The fraction of sp³-hybridized carbons (Fsp3) is 0.0714. The third-order valence-corrected chi connectivity index (χ3v) is 3.38. The third-order valence-electron chi connectivity index (χ3n) is 2.45. The largest absolute Gasteiger partial charge is 0.490 e. The van der Waals surface area contributed by atoms with Crippen LogP contribution in [0.15, 0.2) is 43.1 Å². The van der Waals surface area contributed by atoms with Crippen molar-refractivity contribution in [3.63, 3.8) is 0 Å². The maximum Gasteiger partial charge on any atom is 0.260 e. The number of thiazole rings is 1. The van der Waals surface area contributed by atoms with Gasteiger partial charge in [-0.05, 0) is 24.3 Å². The summed E-state index contributed by atoms with van der Waals surface area (Å²) in [5, 5.41) is 2.92. The number of nitrogens with zero attached hydrogens (tertiary/aromatic N) is 1. The fourth-order valence-corrected chi connectivity index (χ4v) is 2.14. The summed E-state index contributed by atoms with van der Waals surface area (Å²) in [4.78, 5) is 27.2. The van der Waals surface area contributed by atoms with E-state index in [2.05, 4.69) is 16.9 Å². The van der Waals surface area contributed by atoms with Gasteiger partial charge in [0.1, 0.15) is 17.2 Å². The van der Waals surface area contributed by atoms with Crippen molar-refractivity contribution in [2.75, 3.05) is 11.9 Å². The van der Waals surface area contributed by atoms with E-state index in [4.69, 9.17) is 10.5 Å². The molecule has 7 heteroatoms. The van der Waals surface area contributed by atoms with Gasteiger partial charge in [-0.1, -0.05) is 24.0 Å². The first-order valence-electron chi connectivity index (χ1n) is 6.01. The summed E-state index contributed by atoms with van der Waals surface area (Å²) in [6.07, 6.45) is 2.97. The number of ether oxygens (including phenoxy) is 1. The summed E-state index contributed by atoms with van der Waals surface area (Å²) < 4.78 is 5.33. The van der Waals surface area contributed by atoms with Gasteiger partial charge in [0.25, 0.3) is 11.8 Å². The Hall–Kier alpha value is -2.67. The highest BCUT2D eigenvalue weighted by Gasteiger charge is 2.11. The second kappa shape index (κ2) is 6.67. The minimum Gasteiger partial charge on any atom is -0.490 e. The van der Waals surface area contributed by atoms with E-state index in [0.717, 1.165) is 11.3 Å². The van der Waals surface area contributed by atoms with Gasteiger partial charge < -0.3 is 10.5 Å². The smallest absolute Gasteiger partial charge is 0.260 e. The SMILES string of the molecule is C=CCOc1ccc(C(=O)Nc2ncc(C(N)=O)s2)cc1. The van der Waals surface area contributed by atoms with Gasteiger partial charge in [-0.25, -0.2) is 4.98 Å². The number of carbonyl (C=O) groups excluding carboxylic acids is 2. The van der Waals surface area contributed by atoms with Crippen molar-refractivity contribution >= 4 is 28.3 Å². The standard InChI is InChI=1S/C14H13N3O3S/c1-2-7-20-10-5-3-9(4-6-10)13(19)17-14-16-8-11(21-14)12(15)18/h2-6,8H,1,7H2,(H2,15,18)(H,16,17,19). The summed E-state index contributed by atoms with van der Waals surface area (Å²) in [6.45, 7) is 3.96. The van der Waals surface area contributed by atoms with Crippen LogP contribution in [0.3, 0.4) is 0 Å². The van der Waals surface area contributed by atoms with Gasteiger partial charge in [0.05, 0.1) is 6.20 Å². The van der Waals surface area contributed by atoms with Crippen molar-refractivity contribution in [1.29, 1.82) is 0 Å². The van der Waals surface area contributed by atoms with Crippen molar-refractivity contribution in [3.05, 3.63) is 53.6 Å². The maximum absolute atomic E-state index is 12.0. The van der Waals surface area contributed by atoms with Crippen LogP contribution < -0.4 is 15.8 Å². The molecule has 3 N–H and O–H groups in total. The van der Waals surface area contributed by atoms with E-state index in [0.29, 0.717) is 27.9 Å². The number of aromatic nitrogens is 1. The summed E-state index contributed by atoms with van der Waals surface area (Å²) in [6, 6.07) is 6.65. The van der Waals surface area contributed by atoms with Crippen LogP contribution in [-0.4, -0.2) is 23.4 Å². The van der Waals surface area contributed by atoms with Crippen LogP contribution in [0.25, 0.3) is 0 Å². The predicted octanol–water partition coefficient (Wildman–Crippen LogP) is 2.06. The number of primary amides is 1. The summed E-state index contributed by atoms with van der Waals surface area (Å²) in [5.41, 5.74) is 5.58. The van der Waals surface area contributed by atoms with Crippen LogP contribution in [0.2, 0.25) is 0 Å². The Morgan fingerprint density at radius 1 is 1.38 bits per heavy atom. The van der Waals surface area contributed by atoms with E-state index < -0.39 is 5.91 Å². The lowest BCUT2D eigenvalue weighted by molar-refractivity contribution is 0.100. The molecule has 1 aromatic heterocycles. The van der Waals surface area contributed by atoms with Crippen LogP contribution in [0.5, 0.6) is 5.75 Å². The average Bonchev–Trinajstić information content (AvgIpc) is 2.94. The van der Waals surface area contributed by atoms with E-state index in [1.807, 2.05) is 0 Å². The molecule has 2 rings (SSSR count). The van der Waals surface area contributed by atoms with Crippen LogP contribution in [0, 0.1) is 0 Å². The van der Waals surface area contributed by atoms with Crippen LogP contribution in [0.1, 0.15) is 20.0 Å². The van der Waals surface area contributed by atoms with Gasteiger partial charge >= 0.3 is 0 Å². The number of benzene rings is 1. The Kier molecular flexibility index (Phi) is 4.68. The first-order valence-corrected chi connectivity index (χ1v) is 6.82. The molecule has 0 atom stereocenters. The second-order valence-corrected chi connectivity index (χ2v) is 5.00. The molecule has 1 heterocycles. The lowest BCUT2D eigenvalue weighted by atomic mass is 10.2. The van der Waals surface area contributed by atoms with Crippen LogP contribution in [-0.2, 0) is 0 Å². The monoisotopic (exact) mass is 303 g/mol. The number of hydrogen-bond donors (Lipinski definition) is 2. The summed E-state index contributed by atoms with van der Waals surface area (Å²) >= 11 is 1.02. The van der Waals surface area contributed by atoms with E-state index in [9.17, 15) is 9.59 Å². The molecule has 2 aromatic rings. The van der Waals surface area contributed by atoms with Crippen molar-refractivity contribution in [1.82, 2.24) is 4.98 Å². The van der Waals surface area contributed by atoms with E-state index >= 15 is 0 Å². The van der Waals surface area contributed by atoms with Crippen molar-refractivity contribution in [2.24, 2.45) is 5.73 Å². The number of anilines is 1. The average molecular weight is 303 g/mol. The normalized spacial score (nSPS) is 9.90. The molecule has 0 unspecified atom stereocenters. The molecule has 0 aliphatic heterocycles. The van der Waals surface area contributed by atoms with Gasteiger partial charge in [0.2, 0.25) is 0 Å². The molecule has 21 heavy (non-hydrogen) atoms. The minimum atomic E-state index is -0.572. The van der Waals surface area contributed by atoms with Crippen molar-refractivity contribution < 1.29 is 14.3 Å². The molecule has 0 spiro atoms. The number of nitrogens with two attached hydrogens (primary N) is 1. The lowest BCUT2D eigenvalue weighted by Gasteiger charge is -2.05. The maximum atomic E-state index is 12.0. The third kappa shape index (κ3) is 3.90. The van der Waals surface area contributed by atoms with Crippen LogP contribution >= 0.6 is 11.3 Å². The molecule has 0 saturated heterocycles. The van der Waals surface area contributed by atoms with Gasteiger partial charge in [0.15, 0.2) is 5.13 Å². The predicted molar refractivity (Wildman–Crippen MR) is 80.7 cm³/mol. The molecular weight excluding hydrogens is 290 g/mol. The quantitative estimate of drug-likeness (QED) is 0.799. The Balaban J connectivity index is 2.02. The summed E-state index contributed by atoms with van der Waals surface area (Å²) in [7, 11) is 0. The minimum absolute atomic E-state index is 0.290. The van der Waals surface area contributed by atoms with Gasteiger partial charge in [-0.2, -0.15) is 0 Å². The number of amides is 2. The number of rotatable bonds is 6. The molecule has 0 saturated carbocycles. The van der Waals surface area contributed by atoms with E-state index in [-0.39, 0.29) is 5.91 Å². The Morgan fingerprint density at radius 2 is 2.10 bits per heavy atom. The highest BCUT2D eigenvalue weighted by molar-refractivity contribution is 7.17. The second-order valence-electron chi connectivity index (χ2n) is 3.97. The van der Waals surface area contributed by atoms with Gasteiger partial charge in [-0.15, -0.1) is 0 Å². The Bertz CT molecular complexity index is 664. The van der Waals surface area contributed by atoms with E-state index in [1.165, 1.54) is 6.20 Å². The molecular formula is C14H13N3O3S. The fourth-order valence-electron chi connectivity index (χ4n) is 1.47. The molecule has 2 amide bonds. The number of hydrogen-bond acceptors (Lipinski definition) is 5. The zero-order valence-corrected chi connectivity index (χ0v) is 11.9. The zero-order valence-electron chi connectivity index (χ0n) is 11.0. The van der Waals surface area contributed by atoms with E-state index in [1.54, 1.807) is 30.3 Å². The number of nitrogens with one attached hydrogen (secondary N) is 1. The highest BCUT2D eigenvalue weighted by Crippen LogP contribution is 2.19. The molecule has 0 radical (unpaired) electrons. The molecule has 108 valence electrons. The topological polar surface area (TPSA) is 94.3 Å². The zero-order chi connectivity index (χ0) is 15.2. The van der Waals surface area contributed by atoms with Crippen molar-refractivity contribution in [3.8, 4) is 5.75 Å². The molecule has 0 aliphatic carbocycles. The first kappa shape index (κ1) is 14.7. The molecule has 0 bridgehead atoms. The summed E-state index contributed by atoms with van der Waals surface area (Å²) in [5.74, 6) is -0.246.